The van der Waals surface area contributed by atoms with Crippen LogP contribution < -0.4 is 10.1 Å². The minimum absolute atomic E-state index is 0.385. The van der Waals surface area contributed by atoms with Crippen LogP contribution in [0.15, 0.2) is 18.2 Å². The van der Waals surface area contributed by atoms with Crippen molar-refractivity contribution in [3.05, 3.63) is 29.3 Å². The van der Waals surface area contributed by atoms with E-state index in [2.05, 4.69) is 17.4 Å². The molecule has 1 atom stereocenters. The SMILES string of the molecule is OC(CNC1CCCC1)COc1cccc2c1CCCC2. The van der Waals surface area contributed by atoms with E-state index in [1.54, 1.807) is 0 Å². The van der Waals surface area contributed by atoms with Gasteiger partial charge in [-0.15, -0.1) is 0 Å². The van der Waals surface area contributed by atoms with Gasteiger partial charge in [0.25, 0.3) is 0 Å². The van der Waals surface area contributed by atoms with Crippen molar-refractivity contribution in [3.8, 4) is 5.75 Å². The number of hydrogen-bond donors (Lipinski definition) is 2. The summed E-state index contributed by atoms with van der Waals surface area (Å²) < 4.78 is 5.89. The van der Waals surface area contributed by atoms with E-state index >= 15 is 0 Å². The largest absolute Gasteiger partial charge is 0.491 e. The van der Waals surface area contributed by atoms with E-state index < -0.39 is 6.10 Å². The summed E-state index contributed by atoms with van der Waals surface area (Å²) in [5.41, 5.74) is 2.79. The molecule has 3 rings (SSSR count). The fraction of sp³-hybridized carbons (Fsp3) is 0.667. The maximum absolute atomic E-state index is 10.1. The Bertz CT molecular complexity index is 455. The van der Waals surface area contributed by atoms with Crippen LogP contribution in [0.3, 0.4) is 0 Å². The van der Waals surface area contributed by atoms with Crippen LogP contribution in [0.25, 0.3) is 0 Å². The number of nitrogens with one attached hydrogen (secondary N) is 1. The molecule has 2 aliphatic carbocycles. The summed E-state index contributed by atoms with van der Waals surface area (Å²) in [6, 6.07) is 6.92. The van der Waals surface area contributed by atoms with Gasteiger partial charge < -0.3 is 15.2 Å². The zero-order chi connectivity index (χ0) is 14.5. The van der Waals surface area contributed by atoms with Crippen molar-refractivity contribution in [2.45, 2.75) is 63.5 Å². The second-order valence-electron chi connectivity index (χ2n) is 6.46. The average Bonchev–Trinajstić information content (AvgIpc) is 3.04. The molecule has 1 fully saturated rings. The van der Waals surface area contributed by atoms with Crippen molar-refractivity contribution in [2.24, 2.45) is 0 Å². The van der Waals surface area contributed by atoms with Gasteiger partial charge in [-0.25, -0.2) is 0 Å². The molecule has 1 aromatic rings. The molecule has 0 heterocycles. The van der Waals surface area contributed by atoms with Crippen LogP contribution >= 0.6 is 0 Å². The van der Waals surface area contributed by atoms with Gasteiger partial charge in [0.2, 0.25) is 0 Å². The third-order valence-corrected chi connectivity index (χ3v) is 4.78. The quantitative estimate of drug-likeness (QED) is 0.846. The standard InChI is InChI=1S/C18H27NO2/c20-16(12-19-15-8-2-3-9-15)13-21-18-11-5-7-14-6-1-4-10-17(14)18/h5,7,11,15-16,19-20H,1-4,6,8-10,12-13H2. The smallest absolute Gasteiger partial charge is 0.122 e. The minimum Gasteiger partial charge on any atom is -0.491 e. The summed E-state index contributed by atoms with van der Waals surface area (Å²) in [6.45, 7) is 1.02. The van der Waals surface area contributed by atoms with Crippen LogP contribution in [0, 0.1) is 0 Å². The second-order valence-corrected chi connectivity index (χ2v) is 6.46. The van der Waals surface area contributed by atoms with Crippen LogP contribution in [0.4, 0.5) is 0 Å². The summed E-state index contributed by atoms with van der Waals surface area (Å²) >= 11 is 0. The molecule has 1 aromatic carbocycles. The Labute approximate surface area is 127 Å². The summed E-state index contributed by atoms with van der Waals surface area (Å²) in [4.78, 5) is 0. The Hall–Kier alpha value is -1.06. The zero-order valence-corrected chi connectivity index (χ0v) is 12.8. The Morgan fingerprint density at radius 1 is 1.14 bits per heavy atom. The maximum Gasteiger partial charge on any atom is 0.122 e. The topological polar surface area (TPSA) is 41.5 Å². The lowest BCUT2D eigenvalue weighted by Crippen LogP contribution is -2.36. The molecule has 3 nitrogen and oxygen atoms in total. The highest BCUT2D eigenvalue weighted by Gasteiger charge is 2.17. The van der Waals surface area contributed by atoms with Gasteiger partial charge in [-0.2, -0.15) is 0 Å². The number of aliphatic hydroxyl groups is 1. The first-order valence-electron chi connectivity index (χ1n) is 8.48. The Morgan fingerprint density at radius 3 is 2.81 bits per heavy atom. The second kappa shape index (κ2) is 7.28. The molecule has 0 aromatic heterocycles. The molecule has 3 heteroatoms. The lowest BCUT2D eigenvalue weighted by atomic mass is 9.91. The Morgan fingerprint density at radius 2 is 1.95 bits per heavy atom. The number of hydrogen-bond acceptors (Lipinski definition) is 3. The monoisotopic (exact) mass is 289 g/mol. The molecule has 0 amide bonds. The normalized spacial score (nSPS) is 20.2. The third kappa shape index (κ3) is 3.98. The fourth-order valence-electron chi connectivity index (χ4n) is 3.56. The van der Waals surface area contributed by atoms with E-state index in [0.29, 0.717) is 19.2 Å². The zero-order valence-electron chi connectivity index (χ0n) is 12.8. The molecular weight excluding hydrogens is 262 g/mol. The third-order valence-electron chi connectivity index (χ3n) is 4.78. The maximum atomic E-state index is 10.1. The van der Waals surface area contributed by atoms with E-state index in [1.807, 2.05) is 6.07 Å². The molecule has 0 aliphatic heterocycles. The molecule has 116 valence electrons. The van der Waals surface area contributed by atoms with Crippen molar-refractivity contribution in [1.29, 1.82) is 0 Å². The Kier molecular flexibility index (Phi) is 5.15. The molecule has 2 aliphatic rings. The molecule has 0 saturated heterocycles. The molecule has 21 heavy (non-hydrogen) atoms. The molecule has 0 radical (unpaired) electrons. The van der Waals surface area contributed by atoms with Gasteiger partial charge in [0.05, 0.1) is 0 Å². The number of benzene rings is 1. The first-order chi connectivity index (χ1) is 10.3. The van der Waals surface area contributed by atoms with Crippen molar-refractivity contribution in [3.63, 3.8) is 0 Å². The van der Waals surface area contributed by atoms with Gasteiger partial charge in [0, 0.05) is 12.6 Å². The fourth-order valence-corrected chi connectivity index (χ4v) is 3.56. The highest BCUT2D eigenvalue weighted by atomic mass is 16.5. The lowest BCUT2D eigenvalue weighted by molar-refractivity contribution is 0.103. The van der Waals surface area contributed by atoms with Gasteiger partial charge >= 0.3 is 0 Å². The first-order valence-corrected chi connectivity index (χ1v) is 8.48. The van der Waals surface area contributed by atoms with Crippen LogP contribution in [-0.4, -0.2) is 30.4 Å². The summed E-state index contributed by atoms with van der Waals surface area (Å²) in [6.07, 6.45) is 9.52. The van der Waals surface area contributed by atoms with E-state index in [0.717, 1.165) is 12.2 Å². The molecule has 0 spiro atoms. The van der Waals surface area contributed by atoms with Gasteiger partial charge in [0.1, 0.15) is 18.5 Å². The number of ether oxygens (including phenoxy) is 1. The van der Waals surface area contributed by atoms with E-state index in [-0.39, 0.29) is 0 Å². The molecule has 0 bridgehead atoms. The van der Waals surface area contributed by atoms with Crippen molar-refractivity contribution >= 4 is 0 Å². The molecule has 1 saturated carbocycles. The Balaban J connectivity index is 1.48. The van der Waals surface area contributed by atoms with Gasteiger partial charge in [-0.1, -0.05) is 25.0 Å². The highest BCUT2D eigenvalue weighted by Crippen LogP contribution is 2.29. The summed E-state index contributed by atoms with van der Waals surface area (Å²) in [5, 5.41) is 13.5. The van der Waals surface area contributed by atoms with Crippen LogP contribution in [-0.2, 0) is 12.8 Å². The number of rotatable bonds is 6. The predicted octanol–water partition coefficient (Wildman–Crippen LogP) is 2.84. The molecule has 2 N–H and O–H groups in total. The van der Waals surface area contributed by atoms with E-state index in [9.17, 15) is 5.11 Å². The number of aryl methyl sites for hydroxylation is 1. The van der Waals surface area contributed by atoms with Gasteiger partial charge in [-0.3, -0.25) is 0 Å². The van der Waals surface area contributed by atoms with Crippen molar-refractivity contribution in [2.75, 3.05) is 13.2 Å². The number of fused-ring (bicyclic) bond motifs is 1. The van der Waals surface area contributed by atoms with Gasteiger partial charge in [0.15, 0.2) is 0 Å². The highest BCUT2D eigenvalue weighted by molar-refractivity contribution is 5.41. The summed E-state index contributed by atoms with van der Waals surface area (Å²) in [7, 11) is 0. The average molecular weight is 289 g/mol. The van der Waals surface area contributed by atoms with Crippen LogP contribution in [0.5, 0.6) is 5.75 Å². The van der Waals surface area contributed by atoms with Crippen LogP contribution in [0.1, 0.15) is 49.7 Å². The van der Waals surface area contributed by atoms with Crippen molar-refractivity contribution in [1.82, 2.24) is 5.32 Å². The minimum atomic E-state index is -0.426. The first kappa shape index (κ1) is 14.9. The number of aliphatic hydroxyl groups excluding tert-OH is 1. The predicted molar refractivity (Wildman–Crippen MR) is 84.8 cm³/mol. The van der Waals surface area contributed by atoms with Crippen molar-refractivity contribution < 1.29 is 9.84 Å². The van der Waals surface area contributed by atoms with Crippen LogP contribution in [0.2, 0.25) is 0 Å². The lowest BCUT2D eigenvalue weighted by Gasteiger charge is -2.21. The molecular formula is C18H27NO2. The van der Waals surface area contributed by atoms with E-state index in [4.69, 9.17) is 4.74 Å². The van der Waals surface area contributed by atoms with Gasteiger partial charge in [-0.05, 0) is 55.7 Å². The van der Waals surface area contributed by atoms with E-state index in [1.165, 1.54) is 56.1 Å². The summed E-state index contributed by atoms with van der Waals surface area (Å²) in [5.74, 6) is 0.979. The molecule has 1 unspecified atom stereocenters.